The van der Waals surface area contributed by atoms with Crippen LogP contribution in [0.4, 0.5) is 0 Å². The summed E-state index contributed by atoms with van der Waals surface area (Å²) in [4.78, 5) is 31.8. The molecule has 0 saturated heterocycles. The molecule has 0 fully saturated rings. The van der Waals surface area contributed by atoms with E-state index in [1.165, 1.54) is 19.9 Å². The molecular formula is C9H10O6. The number of allylic oxidation sites excluding steroid dienone is 1. The fourth-order valence-electron chi connectivity index (χ4n) is 1.08. The van der Waals surface area contributed by atoms with Crippen molar-refractivity contribution < 1.29 is 28.6 Å². The largest absolute Gasteiger partial charge is 0.450 e. The number of aldehydes is 1. The van der Waals surface area contributed by atoms with E-state index in [9.17, 15) is 14.4 Å². The predicted octanol–water partition coefficient (Wildman–Crippen LogP) is -0.0797. The first-order valence-corrected chi connectivity index (χ1v) is 4.21. The summed E-state index contributed by atoms with van der Waals surface area (Å²) in [6, 6.07) is 0. The van der Waals surface area contributed by atoms with Gasteiger partial charge in [0, 0.05) is 19.9 Å². The first kappa shape index (κ1) is 11.2. The van der Waals surface area contributed by atoms with Crippen molar-refractivity contribution in [2.45, 2.75) is 26.2 Å². The van der Waals surface area contributed by atoms with Crippen LogP contribution in [0.1, 0.15) is 13.8 Å². The van der Waals surface area contributed by atoms with Crippen molar-refractivity contribution in [3.8, 4) is 0 Å². The first-order chi connectivity index (χ1) is 7.02. The van der Waals surface area contributed by atoms with Gasteiger partial charge in [-0.15, -0.1) is 0 Å². The van der Waals surface area contributed by atoms with Crippen molar-refractivity contribution in [1.82, 2.24) is 0 Å². The maximum atomic E-state index is 10.7. The summed E-state index contributed by atoms with van der Waals surface area (Å²) in [7, 11) is 0. The third-order valence-corrected chi connectivity index (χ3v) is 1.55. The molecule has 2 atom stereocenters. The van der Waals surface area contributed by atoms with Crippen LogP contribution < -0.4 is 0 Å². The molecule has 82 valence electrons. The van der Waals surface area contributed by atoms with E-state index in [0.717, 1.165) is 0 Å². The maximum absolute atomic E-state index is 10.7. The van der Waals surface area contributed by atoms with Crippen molar-refractivity contribution in [2.24, 2.45) is 0 Å². The fourth-order valence-corrected chi connectivity index (χ4v) is 1.08. The highest BCUT2D eigenvalue weighted by molar-refractivity contribution is 5.72. The molecule has 1 aliphatic heterocycles. The maximum Gasteiger partial charge on any atom is 0.305 e. The molecule has 0 aromatic carbocycles. The van der Waals surface area contributed by atoms with Gasteiger partial charge in [-0.05, 0) is 0 Å². The second kappa shape index (κ2) is 4.59. The Kier molecular flexibility index (Phi) is 3.43. The van der Waals surface area contributed by atoms with Crippen molar-refractivity contribution in [3.05, 3.63) is 11.8 Å². The predicted molar refractivity (Wildman–Crippen MR) is 46.3 cm³/mol. The van der Waals surface area contributed by atoms with Crippen molar-refractivity contribution >= 4 is 18.2 Å². The molecular weight excluding hydrogens is 204 g/mol. The first-order valence-electron chi connectivity index (χ1n) is 4.21. The van der Waals surface area contributed by atoms with Gasteiger partial charge < -0.3 is 14.2 Å². The lowest BCUT2D eigenvalue weighted by Crippen LogP contribution is -2.30. The summed E-state index contributed by atoms with van der Waals surface area (Å²) >= 11 is 0. The van der Waals surface area contributed by atoms with Crippen molar-refractivity contribution in [2.75, 3.05) is 0 Å². The SMILES string of the molecule is CC(=O)OC1C=C(C=O)OC1OC(C)=O. The van der Waals surface area contributed by atoms with Gasteiger partial charge in [0.15, 0.2) is 18.1 Å². The molecule has 0 spiro atoms. The third-order valence-electron chi connectivity index (χ3n) is 1.55. The van der Waals surface area contributed by atoms with Crippen LogP contribution in [0, 0.1) is 0 Å². The van der Waals surface area contributed by atoms with Crippen LogP contribution in [0.5, 0.6) is 0 Å². The van der Waals surface area contributed by atoms with Gasteiger partial charge in [0.1, 0.15) is 0 Å². The molecule has 6 nitrogen and oxygen atoms in total. The number of hydrogen-bond donors (Lipinski definition) is 0. The van der Waals surface area contributed by atoms with E-state index < -0.39 is 24.3 Å². The van der Waals surface area contributed by atoms with Crippen LogP contribution in [-0.2, 0) is 28.6 Å². The van der Waals surface area contributed by atoms with Gasteiger partial charge >= 0.3 is 11.9 Å². The summed E-state index contributed by atoms with van der Waals surface area (Å²) in [5.41, 5.74) is 0. The molecule has 0 aliphatic carbocycles. The fraction of sp³-hybridized carbons (Fsp3) is 0.444. The smallest absolute Gasteiger partial charge is 0.305 e. The molecule has 0 aromatic rings. The molecule has 15 heavy (non-hydrogen) atoms. The minimum atomic E-state index is -1.08. The highest BCUT2D eigenvalue weighted by Crippen LogP contribution is 2.20. The van der Waals surface area contributed by atoms with Gasteiger partial charge in [-0.25, -0.2) is 0 Å². The summed E-state index contributed by atoms with van der Waals surface area (Å²) in [6.07, 6.45) is -0.222. The monoisotopic (exact) mass is 214 g/mol. The van der Waals surface area contributed by atoms with Crippen LogP contribution >= 0.6 is 0 Å². The Morgan fingerprint density at radius 2 is 1.93 bits per heavy atom. The van der Waals surface area contributed by atoms with Gasteiger partial charge in [-0.1, -0.05) is 0 Å². The Balaban J connectivity index is 2.68. The zero-order valence-electron chi connectivity index (χ0n) is 8.26. The van der Waals surface area contributed by atoms with Gasteiger partial charge in [0.05, 0.1) is 0 Å². The lowest BCUT2D eigenvalue weighted by atomic mass is 10.3. The normalized spacial score (nSPS) is 23.7. The number of esters is 2. The molecule has 1 aliphatic rings. The van der Waals surface area contributed by atoms with Gasteiger partial charge in [-0.2, -0.15) is 0 Å². The second-order valence-electron chi connectivity index (χ2n) is 2.86. The van der Waals surface area contributed by atoms with Crippen LogP contribution in [-0.4, -0.2) is 30.6 Å². The Bertz CT molecular complexity index is 319. The van der Waals surface area contributed by atoms with E-state index in [1.54, 1.807) is 0 Å². The van der Waals surface area contributed by atoms with Crippen LogP contribution in [0.2, 0.25) is 0 Å². The van der Waals surface area contributed by atoms with E-state index in [0.29, 0.717) is 6.29 Å². The number of hydrogen-bond acceptors (Lipinski definition) is 6. The lowest BCUT2D eigenvalue weighted by molar-refractivity contribution is -0.187. The lowest BCUT2D eigenvalue weighted by Gasteiger charge is -2.17. The molecule has 6 heteroatoms. The van der Waals surface area contributed by atoms with E-state index in [-0.39, 0.29) is 5.76 Å². The summed E-state index contributed by atoms with van der Waals surface area (Å²) in [6.45, 7) is 2.39. The molecule has 1 rings (SSSR count). The molecule has 0 radical (unpaired) electrons. The molecule has 0 saturated carbocycles. The Hall–Kier alpha value is -1.85. The van der Waals surface area contributed by atoms with Gasteiger partial charge in [0.25, 0.3) is 6.29 Å². The number of rotatable bonds is 3. The molecule has 0 aromatic heterocycles. The average Bonchev–Trinajstić information content (AvgIpc) is 2.46. The highest BCUT2D eigenvalue weighted by atomic mass is 16.7. The molecule has 2 unspecified atom stereocenters. The van der Waals surface area contributed by atoms with Crippen molar-refractivity contribution in [1.29, 1.82) is 0 Å². The summed E-state index contributed by atoms with van der Waals surface area (Å²) in [5.74, 6) is -1.16. The Morgan fingerprint density at radius 1 is 1.33 bits per heavy atom. The Labute approximate surface area is 85.8 Å². The topological polar surface area (TPSA) is 78.9 Å². The quantitative estimate of drug-likeness (QED) is 0.483. The van der Waals surface area contributed by atoms with Gasteiger partial charge in [0.2, 0.25) is 0 Å². The number of carbonyl (C=O) groups is 3. The number of ether oxygens (including phenoxy) is 3. The van der Waals surface area contributed by atoms with Gasteiger partial charge in [-0.3, -0.25) is 14.4 Å². The van der Waals surface area contributed by atoms with Crippen molar-refractivity contribution in [3.63, 3.8) is 0 Å². The number of carbonyl (C=O) groups excluding carboxylic acids is 3. The summed E-state index contributed by atoms with van der Waals surface area (Å²) in [5, 5.41) is 0. The van der Waals surface area contributed by atoms with E-state index >= 15 is 0 Å². The average molecular weight is 214 g/mol. The minimum absolute atomic E-state index is 0.0208. The van der Waals surface area contributed by atoms with E-state index in [2.05, 4.69) is 0 Å². The third kappa shape index (κ3) is 3.08. The molecule has 1 heterocycles. The van der Waals surface area contributed by atoms with E-state index in [4.69, 9.17) is 14.2 Å². The van der Waals surface area contributed by atoms with Crippen LogP contribution in [0.3, 0.4) is 0 Å². The zero-order valence-corrected chi connectivity index (χ0v) is 8.26. The van der Waals surface area contributed by atoms with E-state index in [1.807, 2.05) is 0 Å². The Morgan fingerprint density at radius 3 is 2.40 bits per heavy atom. The molecule has 0 N–H and O–H groups in total. The van der Waals surface area contributed by atoms with Crippen LogP contribution in [0.25, 0.3) is 0 Å². The standard InChI is InChI=1S/C9H10O6/c1-5(11)13-8-3-7(4-10)15-9(8)14-6(2)12/h3-4,8-9H,1-2H3. The zero-order chi connectivity index (χ0) is 11.4. The van der Waals surface area contributed by atoms with Crippen LogP contribution in [0.15, 0.2) is 11.8 Å². The second-order valence-corrected chi connectivity index (χ2v) is 2.86. The minimum Gasteiger partial charge on any atom is -0.450 e. The highest BCUT2D eigenvalue weighted by Gasteiger charge is 2.34. The summed E-state index contributed by atoms with van der Waals surface area (Å²) < 4.78 is 14.4. The molecule has 0 amide bonds. The molecule has 0 bridgehead atoms.